The zero-order chi connectivity index (χ0) is 25.1. The van der Waals surface area contributed by atoms with Crippen LogP contribution in [0.4, 0.5) is 0 Å². The number of rotatable bonds is 4. The summed E-state index contributed by atoms with van der Waals surface area (Å²) in [6.45, 7) is 6.99. The predicted octanol–water partition coefficient (Wildman–Crippen LogP) is 4.61. The molecular formula is C27H28ClN3O4. The molecule has 0 saturated carbocycles. The maximum atomic E-state index is 13.6. The van der Waals surface area contributed by atoms with Gasteiger partial charge in [0.15, 0.2) is 0 Å². The topological polar surface area (TPSA) is 67.4 Å². The molecular weight excluding hydrogens is 466 g/mol. The summed E-state index contributed by atoms with van der Waals surface area (Å²) in [7, 11) is 3.21. The normalized spacial score (nSPS) is 16.9. The molecule has 1 aliphatic rings. The van der Waals surface area contributed by atoms with E-state index >= 15 is 0 Å². The molecule has 2 aromatic heterocycles. The molecule has 3 heterocycles. The van der Waals surface area contributed by atoms with Gasteiger partial charge in [-0.15, -0.1) is 0 Å². The van der Waals surface area contributed by atoms with E-state index in [1.165, 1.54) is 7.05 Å². The van der Waals surface area contributed by atoms with E-state index in [1.807, 2.05) is 55.5 Å². The van der Waals surface area contributed by atoms with Crippen LogP contribution in [-0.4, -0.2) is 26.9 Å². The zero-order valence-electron chi connectivity index (χ0n) is 20.5. The number of aromatic nitrogens is 3. The van der Waals surface area contributed by atoms with Crippen molar-refractivity contribution in [2.75, 3.05) is 13.2 Å². The van der Waals surface area contributed by atoms with E-state index in [4.69, 9.17) is 21.1 Å². The highest BCUT2D eigenvalue weighted by molar-refractivity contribution is 6.30. The van der Waals surface area contributed by atoms with Crippen LogP contribution < -0.4 is 16.0 Å². The third kappa shape index (κ3) is 3.53. The number of nitrogens with zero attached hydrogens (tertiary/aromatic N) is 3. The van der Waals surface area contributed by atoms with Crippen LogP contribution in [0.15, 0.2) is 58.1 Å². The van der Waals surface area contributed by atoms with Crippen LogP contribution in [0.2, 0.25) is 5.02 Å². The molecule has 0 fully saturated rings. The Labute approximate surface area is 208 Å². The van der Waals surface area contributed by atoms with Gasteiger partial charge in [0, 0.05) is 24.7 Å². The molecule has 0 unspecified atom stereocenters. The summed E-state index contributed by atoms with van der Waals surface area (Å²) in [6, 6.07) is 15.2. The first kappa shape index (κ1) is 23.5. The highest BCUT2D eigenvalue weighted by atomic mass is 35.5. The van der Waals surface area contributed by atoms with Crippen LogP contribution in [0.5, 0.6) is 5.75 Å². The molecule has 0 radical (unpaired) electrons. The summed E-state index contributed by atoms with van der Waals surface area (Å²) in [5, 5.41) is 1.08. The minimum atomic E-state index is -0.535. The summed E-state index contributed by atoms with van der Waals surface area (Å²) in [4.78, 5) is 26.7. The molecule has 0 bridgehead atoms. The van der Waals surface area contributed by atoms with Crippen molar-refractivity contribution in [2.24, 2.45) is 14.1 Å². The van der Waals surface area contributed by atoms with Crippen LogP contribution in [0.1, 0.15) is 38.1 Å². The molecule has 182 valence electrons. The lowest BCUT2D eigenvalue weighted by Crippen LogP contribution is -2.40. The minimum absolute atomic E-state index is 0.345. The molecule has 1 aliphatic heterocycles. The molecule has 5 rings (SSSR count). The summed E-state index contributed by atoms with van der Waals surface area (Å²) >= 11 is 6.19. The quantitative estimate of drug-likeness (QED) is 0.416. The number of aryl methyl sites for hydroxylation is 1. The number of hydrogen-bond acceptors (Lipinski definition) is 4. The largest absolute Gasteiger partial charge is 0.493 e. The lowest BCUT2D eigenvalue weighted by molar-refractivity contribution is -0.00816. The van der Waals surface area contributed by atoms with Crippen LogP contribution in [0.3, 0.4) is 0 Å². The standard InChI is InChI=1S/C27H28ClN3O4/c1-6-34-19-10-8-7-9-18(19)24-23-22-20(25(32)30(5)26(33)29(22)4)21(16-11-13-17(28)14-12-16)31(23)27(2,3)15-35-24/h7-14,24H,6,15H2,1-5H3/t24-/m0/s1. The van der Waals surface area contributed by atoms with Gasteiger partial charge in [0.1, 0.15) is 11.9 Å². The van der Waals surface area contributed by atoms with E-state index in [2.05, 4.69) is 18.4 Å². The molecule has 1 atom stereocenters. The second-order valence-electron chi connectivity index (χ2n) is 9.48. The summed E-state index contributed by atoms with van der Waals surface area (Å²) < 4.78 is 17.3. The first-order valence-electron chi connectivity index (χ1n) is 11.6. The van der Waals surface area contributed by atoms with E-state index in [0.717, 1.165) is 27.1 Å². The molecule has 0 N–H and O–H groups in total. The third-order valence-electron chi connectivity index (χ3n) is 6.68. The van der Waals surface area contributed by atoms with Crippen molar-refractivity contribution in [3.8, 4) is 17.0 Å². The molecule has 2 aromatic carbocycles. The van der Waals surface area contributed by atoms with Crippen molar-refractivity contribution in [3.63, 3.8) is 0 Å². The SMILES string of the molecule is CCOc1ccccc1[C@@H]1OCC(C)(C)n2c(-c3ccc(Cl)cc3)c3c(=O)n(C)c(=O)n(C)c3c21. The Morgan fingerprint density at radius 2 is 1.74 bits per heavy atom. The predicted molar refractivity (Wildman–Crippen MR) is 138 cm³/mol. The monoisotopic (exact) mass is 493 g/mol. The van der Waals surface area contributed by atoms with Gasteiger partial charge in [-0.3, -0.25) is 13.9 Å². The summed E-state index contributed by atoms with van der Waals surface area (Å²) in [5.74, 6) is 0.711. The second kappa shape index (κ2) is 8.43. The zero-order valence-corrected chi connectivity index (χ0v) is 21.2. The average molecular weight is 494 g/mol. The Bertz CT molecular complexity index is 1560. The molecule has 0 spiro atoms. The maximum absolute atomic E-state index is 13.6. The summed E-state index contributed by atoms with van der Waals surface area (Å²) in [5.41, 5.74) is 2.52. The number of para-hydroxylation sites is 1. The minimum Gasteiger partial charge on any atom is -0.493 e. The Balaban J connectivity index is 1.98. The van der Waals surface area contributed by atoms with Crippen molar-refractivity contribution in [1.29, 1.82) is 0 Å². The van der Waals surface area contributed by atoms with Crippen LogP contribution in [-0.2, 0) is 24.4 Å². The van der Waals surface area contributed by atoms with Crippen molar-refractivity contribution < 1.29 is 9.47 Å². The number of ether oxygens (including phenoxy) is 2. The molecule has 4 aromatic rings. The van der Waals surface area contributed by atoms with Crippen LogP contribution in [0.25, 0.3) is 22.2 Å². The summed E-state index contributed by atoms with van der Waals surface area (Å²) in [6.07, 6.45) is -0.535. The second-order valence-corrected chi connectivity index (χ2v) is 9.92. The van der Waals surface area contributed by atoms with E-state index in [0.29, 0.717) is 34.9 Å². The van der Waals surface area contributed by atoms with Crippen LogP contribution >= 0.6 is 11.6 Å². The molecule has 0 aliphatic carbocycles. The Hall–Kier alpha value is -3.29. The highest BCUT2D eigenvalue weighted by Crippen LogP contribution is 2.47. The Kier molecular flexibility index (Phi) is 5.65. The van der Waals surface area contributed by atoms with Crippen molar-refractivity contribution >= 4 is 22.5 Å². The van der Waals surface area contributed by atoms with Gasteiger partial charge in [0.05, 0.1) is 41.0 Å². The van der Waals surface area contributed by atoms with Gasteiger partial charge in [0.25, 0.3) is 5.56 Å². The van der Waals surface area contributed by atoms with Crippen molar-refractivity contribution in [2.45, 2.75) is 32.4 Å². The third-order valence-corrected chi connectivity index (χ3v) is 6.94. The van der Waals surface area contributed by atoms with Gasteiger partial charge < -0.3 is 14.0 Å². The Morgan fingerprint density at radius 3 is 2.43 bits per heavy atom. The van der Waals surface area contributed by atoms with E-state index < -0.39 is 17.3 Å². The van der Waals surface area contributed by atoms with Crippen molar-refractivity contribution in [1.82, 2.24) is 13.7 Å². The van der Waals surface area contributed by atoms with E-state index in [9.17, 15) is 9.59 Å². The first-order valence-corrected chi connectivity index (χ1v) is 12.0. The van der Waals surface area contributed by atoms with Gasteiger partial charge in [0.2, 0.25) is 0 Å². The van der Waals surface area contributed by atoms with Gasteiger partial charge in [-0.1, -0.05) is 41.9 Å². The fraction of sp³-hybridized carbons (Fsp3) is 0.333. The average Bonchev–Trinajstić information content (AvgIpc) is 3.20. The van der Waals surface area contributed by atoms with Gasteiger partial charge in [-0.05, 0) is 44.5 Å². The maximum Gasteiger partial charge on any atom is 0.331 e. The van der Waals surface area contributed by atoms with Gasteiger partial charge in [-0.25, -0.2) is 4.79 Å². The molecule has 7 nitrogen and oxygen atoms in total. The van der Waals surface area contributed by atoms with Gasteiger partial charge >= 0.3 is 5.69 Å². The fourth-order valence-corrected chi connectivity index (χ4v) is 5.22. The van der Waals surface area contributed by atoms with Crippen molar-refractivity contribution in [3.05, 3.63) is 85.6 Å². The molecule has 35 heavy (non-hydrogen) atoms. The van der Waals surface area contributed by atoms with E-state index in [1.54, 1.807) is 11.6 Å². The highest BCUT2D eigenvalue weighted by Gasteiger charge is 2.41. The lowest BCUT2D eigenvalue weighted by atomic mass is 9.97. The van der Waals surface area contributed by atoms with Gasteiger partial charge in [-0.2, -0.15) is 0 Å². The molecule has 0 saturated heterocycles. The number of hydrogen-bond donors (Lipinski definition) is 0. The number of benzene rings is 2. The van der Waals surface area contributed by atoms with E-state index in [-0.39, 0.29) is 5.56 Å². The molecule has 8 heteroatoms. The number of fused-ring (bicyclic) bond motifs is 3. The Morgan fingerprint density at radius 1 is 1.06 bits per heavy atom. The number of halogens is 1. The fourth-order valence-electron chi connectivity index (χ4n) is 5.10. The smallest absolute Gasteiger partial charge is 0.331 e. The first-order chi connectivity index (χ1) is 16.7. The van der Waals surface area contributed by atoms with Crippen LogP contribution in [0, 0.1) is 0 Å². The lowest BCUT2D eigenvalue weighted by Gasteiger charge is -2.39. The molecule has 0 amide bonds.